The molecule has 1 aliphatic carbocycles. The molecule has 1 heterocycles. The maximum absolute atomic E-state index is 12.1. The van der Waals surface area contributed by atoms with Crippen molar-refractivity contribution in [1.29, 1.82) is 0 Å². The average molecular weight is 283 g/mol. The van der Waals surface area contributed by atoms with Gasteiger partial charge in [-0.3, -0.25) is 9.78 Å². The molecule has 0 bridgehead atoms. The summed E-state index contributed by atoms with van der Waals surface area (Å²) in [5.74, 6) is -1.10. The normalized spacial score (nSPS) is 17.1. The van der Waals surface area contributed by atoms with Gasteiger partial charge in [0.25, 0.3) is 0 Å². The van der Waals surface area contributed by atoms with Crippen LogP contribution in [0, 0.1) is 12.3 Å². The summed E-state index contributed by atoms with van der Waals surface area (Å²) >= 11 is 0. The number of carboxylic acid groups (broad SMARTS) is 1. The van der Waals surface area contributed by atoms with Crippen LogP contribution in [0.1, 0.15) is 30.7 Å². The average Bonchev–Trinajstić information content (AvgIpc) is 2.93. The largest absolute Gasteiger partial charge is 0.481 e. The van der Waals surface area contributed by atoms with Crippen molar-refractivity contribution in [2.75, 3.05) is 5.75 Å². The molecular weight excluding hydrogens is 266 g/mol. The highest BCUT2D eigenvalue weighted by Crippen LogP contribution is 2.50. The Labute approximate surface area is 112 Å². The standard InChI is InChI=1S/C13H17NO4S/c1-10-3-2-4-11(14-10)8-19(17,18)9-13(5-6-13)7-12(15)16/h2-4H,5-9H2,1H3,(H,15,16). The Hall–Kier alpha value is -1.43. The summed E-state index contributed by atoms with van der Waals surface area (Å²) in [4.78, 5) is 14.9. The number of carboxylic acids is 1. The van der Waals surface area contributed by atoms with E-state index in [2.05, 4.69) is 4.98 Å². The smallest absolute Gasteiger partial charge is 0.303 e. The van der Waals surface area contributed by atoms with Crippen molar-refractivity contribution in [2.45, 2.75) is 31.9 Å². The fourth-order valence-corrected chi connectivity index (χ4v) is 4.33. The van der Waals surface area contributed by atoms with Gasteiger partial charge in [0.15, 0.2) is 9.84 Å². The minimum absolute atomic E-state index is 0.0536. The Bertz CT molecular complexity index is 590. The van der Waals surface area contributed by atoms with Gasteiger partial charge in [0, 0.05) is 5.69 Å². The number of hydrogen-bond donors (Lipinski definition) is 1. The van der Waals surface area contributed by atoms with Crippen LogP contribution in [0.2, 0.25) is 0 Å². The van der Waals surface area contributed by atoms with Gasteiger partial charge in [-0.05, 0) is 37.3 Å². The zero-order chi connectivity index (χ0) is 14.1. The van der Waals surface area contributed by atoms with Crippen molar-refractivity contribution < 1.29 is 18.3 Å². The maximum atomic E-state index is 12.1. The molecule has 0 spiro atoms. The first-order valence-corrected chi connectivity index (χ1v) is 7.97. The zero-order valence-electron chi connectivity index (χ0n) is 10.8. The first-order chi connectivity index (χ1) is 8.80. The predicted molar refractivity (Wildman–Crippen MR) is 70.4 cm³/mol. The van der Waals surface area contributed by atoms with Gasteiger partial charge in [0.05, 0.1) is 23.6 Å². The molecule has 1 aromatic heterocycles. The van der Waals surface area contributed by atoms with Crippen LogP contribution in [0.4, 0.5) is 0 Å². The van der Waals surface area contributed by atoms with E-state index in [0.717, 1.165) is 5.69 Å². The van der Waals surface area contributed by atoms with E-state index in [9.17, 15) is 13.2 Å². The van der Waals surface area contributed by atoms with E-state index in [1.165, 1.54) is 0 Å². The van der Waals surface area contributed by atoms with Gasteiger partial charge >= 0.3 is 5.97 Å². The molecule has 0 amide bonds. The lowest BCUT2D eigenvalue weighted by atomic mass is 10.1. The molecule has 104 valence electrons. The van der Waals surface area contributed by atoms with Gasteiger partial charge in [-0.2, -0.15) is 0 Å². The van der Waals surface area contributed by atoms with Gasteiger partial charge < -0.3 is 5.11 Å². The molecule has 0 radical (unpaired) electrons. The number of pyridine rings is 1. The number of aryl methyl sites for hydroxylation is 1. The Morgan fingerprint density at radius 1 is 1.42 bits per heavy atom. The van der Waals surface area contributed by atoms with E-state index in [1.807, 2.05) is 13.0 Å². The first-order valence-electron chi connectivity index (χ1n) is 6.15. The molecule has 1 saturated carbocycles. The van der Waals surface area contributed by atoms with Crippen LogP contribution in [0.3, 0.4) is 0 Å². The Balaban J connectivity index is 2.05. The van der Waals surface area contributed by atoms with Crippen LogP contribution in [0.25, 0.3) is 0 Å². The quantitative estimate of drug-likeness (QED) is 0.856. The second kappa shape index (κ2) is 4.92. The maximum Gasteiger partial charge on any atom is 0.303 e. The number of sulfone groups is 1. The fourth-order valence-electron chi connectivity index (χ4n) is 2.29. The van der Waals surface area contributed by atoms with Crippen molar-refractivity contribution in [3.8, 4) is 0 Å². The van der Waals surface area contributed by atoms with Crippen molar-refractivity contribution in [1.82, 2.24) is 4.98 Å². The number of aliphatic carboxylic acids is 1. The Kier molecular flexibility index (Phi) is 3.62. The highest BCUT2D eigenvalue weighted by Gasteiger charge is 2.47. The summed E-state index contributed by atoms with van der Waals surface area (Å²) < 4.78 is 24.2. The number of hydrogen-bond acceptors (Lipinski definition) is 4. The molecule has 19 heavy (non-hydrogen) atoms. The van der Waals surface area contributed by atoms with Gasteiger partial charge in [0.1, 0.15) is 0 Å². The van der Waals surface area contributed by atoms with Gasteiger partial charge in [-0.15, -0.1) is 0 Å². The van der Waals surface area contributed by atoms with Crippen molar-refractivity contribution in [3.05, 3.63) is 29.6 Å². The second-order valence-electron chi connectivity index (χ2n) is 5.37. The molecule has 1 N–H and O–H groups in total. The third kappa shape index (κ3) is 4.02. The third-order valence-electron chi connectivity index (χ3n) is 3.32. The molecule has 1 aliphatic rings. The van der Waals surface area contributed by atoms with Crippen molar-refractivity contribution >= 4 is 15.8 Å². The predicted octanol–water partition coefficient (Wildman–Crippen LogP) is 1.56. The number of rotatable bonds is 6. The number of nitrogens with zero attached hydrogens (tertiary/aromatic N) is 1. The SMILES string of the molecule is Cc1cccc(CS(=O)(=O)CC2(CC(=O)O)CC2)n1. The summed E-state index contributed by atoms with van der Waals surface area (Å²) in [6.07, 6.45) is 1.30. The van der Waals surface area contributed by atoms with Gasteiger partial charge in [-0.1, -0.05) is 6.07 Å². The summed E-state index contributed by atoms with van der Waals surface area (Å²) in [5.41, 5.74) is 0.764. The van der Waals surface area contributed by atoms with E-state index in [-0.39, 0.29) is 17.9 Å². The zero-order valence-corrected chi connectivity index (χ0v) is 11.6. The molecule has 0 atom stereocenters. The lowest BCUT2D eigenvalue weighted by molar-refractivity contribution is -0.138. The van der Waals surface area contributed by atoms with Crippen molar-refractivity contribution in [2.24, 2.45) is 5.41 Å². The molecule has 0 saturated heterocycles. The molecular formula is C13H17NO4S. The second-order valence-corrected chi connectivity index (χ2v) is 7.44. The van der Waals surface area contributed by atoms with E-state index in [0.29, 0.717) is 18.5 Å². The molecule has 0 aromatic carbocycles. The molecule has 2 rings (SSSR count). The molecule has 0 aliphatic heterocycles. The minimum Gasteiger partial charge on any atom is -0.481 e. The highest BCUT2D eigenvalue weighted by molar-refractivity contribution is 7.90. The minimum atomic E-state index is -3.32. The number of aromatic nitrogens is 1. The highest BCUT2D eigenvalue weighted by atomic mass is 32.2. The van der Waals surface area contributed by atoms with Crippen LogP contribution < -0.4 is 0 Å². The molecule has 0 unspecified atom stereocenters. The first kappa shape index (κ1) is 14.0. The van der Waals surface area contributed by atoms with E-state index in [4.69, 9.17) is 5.11 Å². The van der Waals surface area contributed by atoms with Crippen LogP contribution in [0.5, 0.6) is 0 Å². The summed E-state index contributed by atoms with van der Waals surface area (Å²) in [7, 11) is -3.32. The van der Waals surface area contributed by atoms with Crippen LogP contribution in [0.15, 0.2) is 18.2 Å². The van der Waals surface area contributed by atoms with Crippen LogP contribution in [-0.4, -0.2) is 30.2 Å². The number of carbonyl (C=O) groups is 1. The lowest BCUT2D eigenvalue weighted by Crippen LogP contribution is -2.22. The topological polar surface area (TPSA) is 84.3 Å². The van der Waals surface area contributed by atoms with Gasteiger partial charge in [-0.25, -0.2) is 8.42 Å². The Morgan fingerprint density at radius 3 is 2.63 bits per heavy atom. The van der Waals surface area contributed by atoms with E-state index in [1.54, 1.807) is 12.1 Å². The summed E-state index contributed by atoms with van der Waals surface area (Å²) in [5, 5.41) is 8.80. The lowest BCUT2D eigenvalue weighted by Gasteiger charge is -2.12. The fraction of sp³-hybridized carbons (Fsp3) is 0.538. The molecule has 5 nitrogen and oxygen atoms in total. The van der Waals surface area contributed by atoms with Crippen LogP contribution >= 0.6 is 0 Å². The molecule has 6 heteroatoms. The molecule has 1 fully saturated rings. The van der Waals surface area contributed by atoms with Crippen molar-refractivity contribution in [3.63, 3.8) is 0 Å². The Morgan fingerprint density at radius 2 is 2.11 bits per heavy atom. The third-order valence-corrected chi connectivity index (χ3v) is 5.11. The van der Waals surface area contributed by atoms with E-state index < -0.39 is 21.2 Å². The van der Waals surface area contributed by atoms with E-state index >= 15 is 0 Å². The monoisotopic (exact) mass is 283 g/mol. The van der Waals surface area contributed by atoms with Crippen LogP contribution in [-0.2, 0) is 20.4 Å². The van der Waals surface area contributed by atoms with Gasteiger partial charge in [0.2, 0.25) is 0 Å². The summed E-state index contributed by atoms with van der Waals surface area (Å²) in [6.45, 7) is 1.81. The molecule has 1 aromatic rings. The summed E-state index contributed by atoms with van der Waals surface area (Å²) in [6, 6.07) is 5.27.